The van der Waals surface area contributed by atoms with Crippen LogP contribution < -0.4 is 9.47 Å². The first kappa shape index (κ1) is 20.3. The highest BCUT2D eigenvalue weighted by molar-refractivity contribution is 5.90. The highest BCUT2D eigenvalue weighted by Gasteiger charge is 2.43. The zero-order valence-corrected chi connectivity index (χ0v) is 17.8. The van der Waals surface area contributed by atoms with Crippen LogP contribution in [0.1, 0.15) is 42.6 Å². The largest absolute Gasteiger partial charge is 0.497 e. The topological polar surface area (TPSA) is 62.2 Å². The Balaban J connectivity index is 1.28. The van der Waals surface area contributed by atoms with E-state index in [1.54, 1.807) is 7.11 Å². The average Bonchev–Trinajstić information content (AvgIpc) is 2.80. The average molecular weight is 420 g/mol. The lowest BCUT2D eigenvalue weighted by molar-refractivity contribution is -0.0577. The molecule has 3 aromatic rings. The third-order valence-electron chi connectivity index (χ3n) is 6.85. The number of hydrogen-bond donors (Lipinski definition) is 2. The van der Waals surface area contributed by atoms with Gasteiger partial charge in [0, 0.05) is 37.0 Å². The van der Waals surface area contributed by atoms with Gasteiger partial charge in [-0.2, -0.15) is 0 Å². The number of nitrogens with zero attached hydrogens (tertiary/aromatic N) is 1. The molecule has 0 bridgehead atoms. The highest BCUT2D eigenvalue weighted by atomic mass is 16.5. The molecule has 0 aliphatic carbocycles. The van der Waals surface area contributed by atoms with Gasteiger partial charge in [-0.25, -0.2) is 0 Å². The molecule has 1 saturated heterocycles. The maximum absolute atomic E-state index is 10.9. The zero-order chi connectivity index (χ0) is 21.4. The molecule has 5 nitrogen and oxygen atoms in total. The van der Waals surface area contributed by atoms with Gasteiger partial charge >= 0.3 is 0 Å². The Kier molecular flexibility index (Phi) is 5.34. The van der Waals surface area contributed by atoms with Crippen LogP contribution >= 0.6 is 0 Å². The zero-order valence-electron chi connectivity index (χ0n) is 17.8. The van der Waals surface area contributed by atoms with Crippen molar-refractivity contribution in [2.24, 2.45) is 0 Å². The van der Waals surface area contributed by atoms with Crippen LogP contribution in [-0.4, -0.2) is 47.5 Å². The first-order valence-corrected chi connectivity index (χ1v) is 11.0. The number of rotatable bonds is 4. The molecule has 5 heteroatoms. The molecule has 2 aliphatic rings. The molecule has 2 atom stereocenters. The van der Waals surface area contributed by atoms with E-state index in [4.69, 9.17) is 9.47 Å². The summed E-state index contributed by atoms with van der Waals surface area (Å²) in [4.78, 5) is 2.29. The van der Waals surface area contributed by atoms with E-state index in [0.29, 0.717) is 13.0 Å². The molecular formula is C26H29NO4. The smallest absolute Gasteiger partial charge is 0.133 e. The van der Waals surface area contributed by atoms with E-state index in [1.807, 2.05) is 42.5 Å². The third-order valence-corrected chi connectivity index (χ3v) is 6.85. The van der Waals surface area contributed by atoms with Gasteiger partial charge in [-0.3, -0.25) is 0 Å². The molecule has 2 aliphatic heterocycles. The third kappa shape index (κ3) is 3.89. The van der Waals surface area contributed by atoms with Crippen molar-refractivity contribution in [3.63, 3.8) is 0 Å². The lowest BCUT2D eigenvalue weighted by Gasteiger charge is -2.46. The molecule has 0 amide bonds. The predicted molar refractivity (Wildman–Crippen MR) is 121 cm³/mol. The Labute approximate surface area is 182 Å². The second-order valence-corrected chi connectivity index (χ2v) is 8.80. The molecular weight excluding hydrogens is 390 g/mol. The van der Waals surface area contributed by atoms with Crippen LogP contribution in [-0.2, 0) is 0 Å². The minimum atomic E-state index is -0.539. The highest BCUT2D eigenvalue weighted by Crippen LogP contribution is 2.47. The van der Waals surface area contributed by atoms with Crippen LogP contribution in [0.15, 0.2) is 60.7 Å². The summed E-state index contributed by atoms with van der Waals surface area (Å²) in [6.07, 6.45) is 1.24. The van der Waals surface area contributed by atoms with Gasteiger partial charge in [-0.1, -0.05) is 48.5 Å². The number of aliphatic hydroxyl groups excluding tert-OH is 2. The summed E-state index contributed by atoms with van der Waals surface area (Å²) in [6.45, 7) is 2.25. The van der Waals surface area contributed by atoms with Crippen molar-refractivity contribution < 1.29 is 19.7 Å². The quantitative estimate of drug-likeness (QED) is 0.663. The number of ether oxygens (including phenoxy) is 2. The van der Waals surface area contributed by atoms with Gasteiger partial charge in [0.05, 0.1) is 19.3 Å². The molecule has 2 heterocycles. The number of aliphatic hydroxyl groups is 2. The van der Waals surface area contributed by atoms with E-state index in [1.165, 1.54) is 0 Å². The Hall–Kier alpha value is -2.60. The van der Waals surface area contributed by atoms with E-state index >= 15 is 0 Å². The number of methoxy groups -OCH3 is 1. The van der Waals surface area contributed by atoms with E-state index in [0.717, 1.165) is 59.3 Å². The fraction of sp³-hybridized carbons (Fsp3) is 0.385. The normalized spacial score (nSPS) is 21.5. The van der Waals surface area contributed by atoms with Gasteiger partial charge in [0.25, 0.3) is 0 Å². The van der Waals surface area contributed by atoms with Crippen LogP contribution in [0.2, 0.25) is 0 Å². The van der Waals surface area contributed by atoms with Crippen LogP contribution in [0.25, 0.3) is 10.8 Å². The SMILES string of the molecule is COc1ccc([C@@H](O)CN2CCC3(CC2)C[C@H](O)c2ccc4ccccc4c2O3)cc1. The van der Waals surface area contributed by atoms with Crippen molar-refractivity contribution >= 4 is 10.8 Å². The van der Waals surface area contributed by atoms with Crippen LogP contribution in [0.4, 0.5) is 0 Å². The van der Waals surface area contributed by atoms with Crippen LogP contribution in [0.5, 0.6) is 11.5 Å². The summed E-state index contributed by atoms with van der Waals surface area (Å²) in [5.74, 6) is 1.63. The van der Waals surface area contributed by atoms with Crippen LogP contribution in [0, 0.1) is 0 Å². The van der Waals surface area contributed by atoms with E-state index in [9.17, 15) is 10.2 Å². The van der Waals surface area contributed by atoms with Crippen molar-refractivity contribution in [1.82, 2.24) is 4.90 Å². The van der Waals surface area contributed by atoms with Gasteiger partial charge in [0.2, 0.25) is 0 Å². The Bertz CT molecular complexity index is 1060. The van der Waals surface area contributed by atoms with Crippen molar-refractivity contribution in [3.8, 4) is 11.5 Å². The van der Waals surface area contributed by atoms with Crippen molar-refractivity contribution in [1.29, 1.82) is 0 Å². The first-order chi connectivity index (χ1) is 15.1. The number of likely N-dealkylation sites (tertiary alicyclic amines) is 1. The number of β-amino-alcohol motifs (C(OH)–C–C–N with tert-alkyl or cyclic N) is 1. The van der Waals surface area contributed by atoms with Gasteiger partial charge in [0.15, 0.2) is 0 Å². The molecule has 0 radical (unpaired) electrons. The fourth-order valence-corrected chi connectivity index (χ4v) is 4.98. The summed E-state index contributed by atoms with van der Waals surface area (Å²) < 4.78 is 11.8. The van der Waals surface area contributed by atoms with Crippen molar-refractivity contribution in [2.75, 3.05) is 26.7 Å². The minimum Gasteiger partial charge on any atom is -0.497 e. The summed E-state index contributed by atoms with van der Waals surface area (Å²) >= 11 is 0. The Morgan fingerprint density at radius 2 is 1.81 bits per heavy atom. The maximum Gasteiger partial charge on any atom is 0.133 e. The lowest BCUT2D eigenvalue weighted by atomic mass is 9.81. The van der Waals surface area contributed by atoms with E-state index < -0.39 is 12.2 Å². The second-order valence-electron chi connectivity index (χ2n) is 8.80. The second kappa shape index (κ2) is 8.15. The van der Waals surface area contributed by atoms with Crippen LogP contribution in [0.3, 0.4) is 0 Å². The molecule has 31 heavy (non-hydrogen) atoms. The molecule has 0 unspecified atom stereocenters. The molecule has 1 spiro atoms. The fourth-order valence-electron chi connectivity index (χ4n) is 4.98. The summed E-state index contributed by atoms with van der Waals surface area (Å²) in [6, 6.07) is 19.8. The predicted octanol–water partition coefficient (Wildman–Crippen LogP) is 4.23. The molecule has 3 aromatic carbocycles. The number of hydrogen-bond acceptors (Lipinski definition) is 5. The molecule has 0 aromatic heterocycles. The van der Waals surface area contributed by atoms with Gasteiger partial charge < -0.3 is 24.6 Å². The monoisotopic (exact) mass is 419 g/mol. The summed E-state index contributed by atoms with van der Waals surface area (Å²) in [7, 11) is 1.64. The molecule has 162 valence electrons. The standard InChI is InChI=1S/C26H29NO4/c1-30-20-9-6-19(7-10-20)24(29)17-27-14-12-26(13-15-27)16-23(28)22-11-8-18-4-2-3-5-21(18)25(22)31-26/h2-11,23-24,28-29H,12-17H2,1H3/t23-,24-/m0/s1. The number of piperidine rings is 1. The molecule has 1 fully saturated rings. The van der Waals surface area contributed by atoms with Crippen molar-refractivity contribution in [2.45, 2.75) is 37.1 Å². The number of fused-ring (bicyclic) bond motifs is 3. The lowest BCUT2D eigenvalue weighted by Crippen LogP contribution is -2.51. The van der Waals surface area contributed by atoms with E-state index in [2.05, 4.69) is 23.1 Å². The van der Waals surface area contributed by atoms with Crippen molar-refractivity contribution in [3.05, 3.63) is 71.8 Å². The van der Waals surface area contributed by atoms with E-state index in [-0.39, 0.29) is 5.60 Å². The van der Waals surface area contributed by atoms with Gasteiger partial charge in [-0.05, 0) is 35.9 Å². The molecule has 0 saturated carbocycles. The molecule has 5 rings (SSSR count). The summed E-state index contributed by atoms with van der Waals surface area (Å²) in [5.41, 5.74) is 1.44. The Morgan fingerprint density at radius 3 is 2.55 bits per heavy atom. The molecule has 2 N–H and O–H groups in total. The first-order valence-electron chi connectivity index (χ1n) is 11.0. The maximum atomic E-state index is 10.9. The summed E-state index contributed by atoms with van der Waals surface area (Å²) in [5, 5.41) is 23.8. The minimum absolute atomic E-state index is 0.349. The Morgan fingerprint density at radius 1 is 1.06 bits per heavy atom. The van der Waals surface area contributed by atoms with Gasteiger partial charge in [0.1, 0.15) is 17.1 Å². The van der Waals surface area contributed by atoms with Gasteiger partial charge in [-0.15, -0.1) is 0 Å². The number of benzene rings is 3.